The van der Waals surface area contributed by atoms with Crippen molar-refractivity contribution < 1.29 is 19.5 Å². The van der Waals surface area contributed by atoms with Gasteiger partial charge in [0.05, 0.1) is 11.0 Å². The molecule has 0 radical (unpaired) electrons. The Balaban J connectivity index is 1.58. The molecule has 10 nitrogen and oxygen atoms in total. The van der Waals surface area contributed by atoms with Crippen LogP contribution < -0.4 is 16.3 Å². The van der Waals surface area contributed by atoms with Crippen LogP contribution in [0.25, 0.3) is 11.0 Å². The Morgan fingerprint density at radius 3 is 2.77 bits per heavy atom. The second-order valence-corrected chi connectivity index (χ2v) is 7.85. The largest absolute Gasteiger partial charge is 0.480 e. The van der Waals surface area contributed by atoms with E-state index in [0.29, 0.717) is 43.5 Å². The van der Waals surface area contributed by atoms with Crippen molar-refractivity contribution in [2.75, 3.05) is 26.2 Å². The molecule has 2 amide bonds. The maximum absolute atomic E-state index is 12.8. The summed E-state index contributed by atoms with van der Waals surface area (Å²) in [5.41, 5.74) is 2.04. The Bertz CT molecular complexity index is 1070. The van der Waals surface area contributed by atoms with Crippen LogP contribution in [0.3, 0.4) is 0 Å². The molecule has 0 bridgehead atoms. The predicted molar refractivity (Wildman–Crippen MR) is 108 cm³/mol. The van der Waals surface area contributed by atoms with Crippen LogP contribution in [-0.4, -0.2) is 69.1 Å². The molecule has 30 heavy (non-hydrogen) atoms. The van der Waals surface area contributed by atoms with Gasteiger partial charge in [0.25, 0.3) is 0 Å². The second kappa shape index (κ2) is 8.04. The number of imide groups is 1. The molecule has 3 heterocycles. The van der Waals surface area contributed by atoms with E-state index >= 15 is 0 Å². The highest BCUT2D eigenvalue weighted by molar-refractivity contribution is 6.00. The first-order valence-corrected chi connectivity index (χ1v) is 10.1. The van der Waals surface area contributed by atoms with Gasteiger partial charge < -0.3 is 10.4 Å². The van der Waals surface area contributed by atoms with Crippen molar-refractivity contribution in [3.05, 3.63) is 34.2 Å². The van der Waals surface area contributed by atoms with Crippen LogP contribution in [0.5, 0.6) is 0 Å². The van der Waals surface area contributed by atoms with Gasteiger partial charge in [0, 0.05) is 39.6 Å². The number of piperazine rings is 1. The third kappa shape index (κ3) is 3.63. The summed E-state index contributed by atoms with van der Waals surface area (Å²) in [6.07, 6.45) is 1.15. The van der Waals surface area contributed by atoms with Crippen LogP contribution in [0.15, 0.2) is 23.0 Å². The lowest BCUT2D eigenvalue weighted by Gasteiger charge is -2.33. The summed E-state index contributed by atoms with van der Waals surface area (Å²) in [5.74, 6) is -1.61. The summed E-state index contributed by atoms with van der Waals surface area (Å²) in [6.45, 7) is 2.46. The Hall–Kier alpha value is -2.98. The van der Waals surface area contributed by atoms with E-state index in [1.54, 1.807) is 7.05 Å². The number of piperidine rings is 1. The number of aromatic nitrogens is 2. The molecule has 4 rings (SSSR count). The van der Waals surface area contributed by atoms with Crippen LogP contribution in [0, 0.1) is 0 Å². The quantitative estimate of drug-likeness (QED) is 0.547. The van der Waals surface area contributed by atoms with Crippen molar-refractivity contribution in [2.45, 2.75) is 31.3 Å². The number of imidazole rings is 1. The molecule has 3 N–H and O–H groups in total. The molecule has 0 spiro atoms. The SMILES string of the molecule is Cn1c(=O)n(C2CCC(=O)NC2=O)c2ccc(CCN3CCNC[C@@H]3C(=O)O)cc21. The summed E-state index contributed by atoms with van der Waals surface area (Å²) in [4.78, 5) is 50.0. The monoisotopic (exact) mass is 415 g/mol. The van der Waals surface area contributed by atoms with Gasteiger partial charge in [0.2, 0.25) is 11.8 Å². The number of carbonyl (C=O) groups is 3. The highest BCUT2D eigenvalue weighted by Gasteiger charge is 2.31. The highest BCUT2D eigenvalue weighted by atomic mass is 16.4. The van der Waals surface area contributed by atoms with E-state index in [2.05, 4.69) is 10.6 Å². The third-order valence-corrected chi connectivity index (χ3v) is 6.00. The number of carboxylic acid groups (broad SMARTS) is 1. The number of nitrogens with one attached hydrogen (secondary N) is 2. The number of carboxylic acids is 1. The van der Waals surface area contributed by atoms with Crippen LogP contribution in [0.4, 0.5) is 0 Å². The molecular formula is C20H25N5O5. The average Bonchev–Trinajstić information content (AvgIpc) is 2.97. The number of nitrogens with zero attached hydrogens (tertiary/aromatic N) is 3. The summed E-state index contributed by atoms with van der Waals surface area (Å²) in [7, 11) is 1.66. The van der Waals surface area contributed by atoms with E-state index in [9.17, 15) is 24.3 Å². The zero-order valence-electron chi connectivity index (χ0n) is 16.8. The summed E-state index contributed by atoms with van der Waals surface area (Å²) in [5, 5.41) is 14.8. The fraction of sp³-hybridized carbons (Fsp3) is 0.500. The van der Waals surface area contributed by atoms with Crippen LogP contribution in [-0.2, 0) is 27.9 Å². The van der Waals surface area contributed by atoms with Crippen LogP contribution in [0.1, 0.15) is 24.4 Å². The fourth-order valence-corrected chi connectivity index (χ4v) is 4.32. The van der Waals surface area contributed by atoms with E-state index in [0.717, 1.165) is 12.1 Å². The Morgan fingerprint density at radius 1 is 1.23 bits per heavy atom. The first-order valence-electron chi connectivity index (χ1n) is 10.1. The highest BCUT2D eigenvalue weighted by Crippen LogP contribution is 2.24. The zero-order chi connectivity index (χ0) is 21.4. The molecule has 2 fully saturated rings. The lowest BCUT2D eigenvalue weighted by Crippen LogP contribution is -2.55. The lowest BCUT2D eigenvalue weighted by atomic mass is 10.1. The Kier molecular flexibility index (Phi) is 5.44. The molecule has 2 aromatic rings. The summed E-state index contributed by atoms with van der Waals surface area (Å²) < 4.78 is 2.96. The maximum Gasteiger partial charge on any atom is 0.329 e. The standard InChI is InChI=1S/C20H25N5O5/c1-23-15-10-12(6-8-24-9-7-21-11-16(24)19(28)29)2-3-13(15)25(20(23)30)14-4-5-17(26)22-18(14)27/h2-3,10,14,16,21H,4-9,11H2,1H3,(H,28,29)(H,22,26,27)/t14?,16-/m1/s1. The number of benzene rings is 1. The number of rotatable bonds is 5. The van der Waals surface area contributed by atoms with Gasteiger partial charge >= 0.3 is 11.7 Å². The molecule has 0 aliphatic carbocycles. The lowest BCUT2D eigenvalue weighted by molar-refractivity contribution is -0.144. The van der Waals surface area contributed by atoms with Gasteiger partial charge in [-0.15, -0.1) is 0 Å². The van der Waals surface area contributed by atoms with Crippen molar-refractivity contribution in [1.29, 1.82) is 0 Å². The zero-order valence-corrected chi connectivity index (χ0v) is 16.8. The molecule has 2 saturated heterocycles. The van der Waals surface area contributed by atoms with E-state index in [1.807, 2.05) is 23.1 Å². The third-order valence-electron chi connectivity index (χ3n) is 6.00. The second-order valence-electron chi connectivity index (χ2n) is 7.85. The molecule has 1 aromatic heterocycles. The Morgan fingerprint density at radius 2 is 2.03 bits per heavy atom. The van der Waals surface area contributed by atoms with Crippen LogP contribution >= 0.6 is 0 Å². The minimum Gasteiger partial charge on any atom is -0.480 e. The van der Waals surface area contributed by atoms with Crippen molar-refractivity contribution in [3.63, 3.8) is 0 Å². The number of hydrogen-bond donors (Lipinski definition) is 3. The van der Waals surface area contributed by atoms with Gasteiger partial charge in [-0.1, -0.05) is 6.07 Å². The van der Waals surface area contributed by atoms with Gasteiger partial charge in [-0.25, -0.2) is 4.79 Å². The summed E-state index contributed by atoms with van der Waals surface area (Å²) in [6, 6.07) is 4.39. The fourth-order valence-electron chi connectivity index (χ4n) is 4.32. The number of aliphatic carboxylic acids is 1. The maximum atomic E-state index is 12.8. The normalized spacial score (nSPS) is 23.0. The number of aryl methyl sites for hydroxylation is 1. The first-order chi connectivity index (χ1) is 14.4. The van der Waals surface area contributed by atoms with Gasteiger partial charge in [-0.05, 0) is 30.5 Å². The van der Waals surface area contributed by atoms with Crippen molar-refractivity contribution in [3.8, 4) is 0 Å². The predicted octanol–water partition coefficient (Wildman–Crippen LogP) is -0.781. The van der Waals surface area contributed by atoms with Crippen molar-refractivity contribution in [1.82, 2.24) is 24.7 Å². The minimum absolute atomic E-state index is 0.201. The Labute approximate surface area is 172 Å². The van der Waals surface area contributed by atoms with Gasteiger partial charge in [0.1, 0.15) is 12.1 Å². The van der Waals surface area contributed by atoms with Gasteiger partial charge in [-0.2, -0.15) is 0 Å². The number of fused-ring (bicyclic) bond motifs is 1. The minimum atomic E-state index is -0.832. The molecular weight excluding hydrogens is 390 g/mol. The van der Waals surface area contributed by atoms with Crippen LogP contribution in [0.2, 0.25) is 0 Å². The molecule has 160 valence electrons. The molecule has 2 aliphatic rings. The molecule has 2 atom stereocenters. The average molecular weight is 415 g/mol. The number of hydrogen-bond acceptors (Lipinski definition) is 6. The molecule has 2 aliphatic heterocycles. The first kappa shape index (κ1) is 20.3. The smallest absolute Gasteiger partial charge is 0.329 e. The van der Waals surface area contributed by atoms with E-state index in [4.69, 9.17) is 0 Å². The van der Waals surface area contributed by atoms with E-state index in [1.165, 1.54) is 9.13 Å². The molecule has 1 aromatic carbocycles. The van der Waals surface area contributed by atoms with E-state index in [-0.39, 0.29) is 18.0 Å². The molecule has 1 unspecified atom stereocenters. The number of carbonyl (C=O) groups excluding carboxylic acids is 2. The van der Waals surface area contributed by atoms with E-state index < -0.39 is 24.0 Å². The van der Waals surface area contributed by atoms with Gasteiger partial charge in [0.15, 0.2) is 0 Å². The summed E-state index contributed by atoms with van der Waals surface area (Å²) >= 11 is 0. The van der Waals surface area contributed by atoms with Gasteiger partial charge in [-0.3, -0.25) is 33.7 Å². The molecule has 10 heteroatoms. The van der Waals surface area contributed by atoms with Crippen molar-refractivity contribution >= 4 is 28.8 Å². The topological polar surface area (TPSA) is 126 Å². The van der Waals surface area contributed by atoms with Crippen molar-refractivity contribution in [2.24, 2.45) is 7.05 Å². The number of amides is 2. The molecule has 0 saturated carbocycles.